The van der Waals surface area contributed by atoms with Crippen molar-refractivity contribution >= 4 is 37.5 Å². The van der Waals surface area contributed by atoms with Crippen molar-refractivity contribution in [1.82, 2.24) is 4.90 Å². The van der Waals surface area contributed by atoms with Crippen molar-refractivity contribution in [3.05, 3.63) is 65.7 Å². The summed E-state index contributed by atoms with van der Waals surface area (Å²) in [6.45, 7) is 6.41. The van der Waals surface area contributed by atoms with Gasteiger partial charge in [-0.05, 0) is 75.0 Å². The van der Waals surface area contributed by atoms with E-state index < -0.39 is 10.2 Å². The molecule has 0 bridgehead atoms. The Morgan fingerprint density at radius 3 is 2.29 bits per heavy atom. The SMILES string of the molecule is C=CCN(C)CCCCCCOc1ccc(N(C)S(=O)(=O)Nc2ccc(Br)cc2)cc1. The normalized spacial score (nSPS) is 11.4. The van der Waals surface area contributed by atoms with E-state index in [4.69, 9.17) is 4.74 Å². The Morgan fingerprint density at radius 2 is 1.65 bits per heavy atom. The summed E-state index contributed by atoms with van der Waals surface area (Å²) in [7, 11) is -0.0910. The van der Waals surface area contributed by atoms with Gasteiger partial charge in [0.25, 0.3) is 0 Å². The van der Waals surface area contributed by atoms with Crippen LogP contribution >= 0.6 is 15.9 Å². The topological polar surface area (TPSA) is 61.9 Å². The molecule has 0 radical (unpaired) electrons. The highest BCUT2D eigenvalue weighted by Crippen LogP contribution is 2.23. The second kappa shape index (κ2) is 12.7. The number of benzene rings is 2. The summed E-state index contributed by atoms with van der Waals surface area (Å²) in [6, 6.07) is 14.0. The van der Waals surface area contributed by atoms with Crippen LogP contribution in [0.3, 0.4) is 0 Å². The molecule has 0 atom stereocenters. The summed E-state index contributed by atoms with van der Waals surface area (Å²) >= 11 is 3.34. The van der Waals surface area contributed by atoms with E-state index in [1.54, 1.807) is 48.5 Å². The zero-order valence-corrected chi connectivity index (χ0v) is 20.7. The maximum atomic E-state index is 12.6. The van der Waals surface area contributed by atoms with Crippen LogP contribution in [-0.2, 0) is 10.2 Å². The summed E-state index contributed by atoms with van der Waals surface area (Å²) in [5.74, 6) is 0.737. The van der Waals surface area contributed by atoms with Crippen LogP contribution in [0.25, 0.3) is 0 Å². The second-order valence-corrected chi connectivity index (χ2v) is 10.0. The monoisotopic (exact) mass is 509 g/mol. The molecule has 0 aliphatic carbocycles. The minimum absolute atomic E-state index is 0.502. The third-order valence-corrected chi connectivity index (χ3v) is 6.75. The van der Waals surface area contributed by atoms with Crippen LogP contribution in [0.15, 0.2) is 65.7 Å². The average Bonchev–Trinajstić information content (AvgIpc) is 2.74. The van der Waals surface area contributed by atoms with E-state index in [2.05, 4.69) is 39.2 Å². The quantitative estimate of drug-likeness (QED) is 0.277. The summed E-state index contributed by atoms with van der Waals surface area (Å²) < 4.78 is 35.7. The Morgan fingerprint density at radius 1 is 1.00 bits per heavy atom. The van der Waals surface area contributed by atoms with E-state index >= 15 is 0 Å². The molecule has 0 saturated carbocycles. The highest BCUT2D eigenvalue weighted by atomic mass is 79.9. The number of nitrogens with one attached hydrogen (secondary N) is 1. The fourth-order valence-electron chi connectivity index (χ4n) is 2.97. The van der Waals surface area contributed by atoms with Gasteiger partial charge in [-0.3, -0.25) is 9.03 Å². The van der Waals surface area contributed by atoms with Crippen molar-refractivity contribution < 1.29 is 13.2 Å². The average molecular weight is 510 g/mol. The number of rotatable bonds is 14. The third kappa shape index (κ3) is 8.93. The van der Waals surface area contributed by atoms with Gasteiger partial charge in [-0.15, -0.1) is 6.58 Å². The lowest BCUT2D eigenvalue weighted by Crippen LogP contribution is -2.32. The molecule has 0 amide bonds. The van der Waals surface area contributed by atoms with Gasteiger partial charge in [-0.1, -0.05) is 34.8 Å². The molecule has 0 aliphatic heterocycles. The lowest BCUT2D eigenvalue weighted by atomic mass is 10.2. The van der Waals surface area contributed by atoms with E-state index in [0.717, 1.165) is 36.2 Å². The highest BCUT2D eigenvalue weighted by molar-refractivity contribution is 9.10. The molecular formula is C23H32BrN3O3S. The first-order valence-electron chi connectivity index (χ1n) is 10.4. The molecule has 1 N–H and O–H groups in total. The zero-order chi connectivity index (χ0) is 22.7. The molecule has 0 fully saturated rings. The Labute approximate surface area is 195 Å². The fourth-order valence-corrected chi connectivity index (χ4v) is 4.20. The molecule has 6 nitrogen and oxygen atoms in total. The molecule has 8 heteroatoms. The van der Waals surface area contributed by atoms with E-state index in [1.807, 2.05) is 6.08 Å². The van der Waals surface area contributed by atoms with Crippen molar-refractivity contribution in [2.45, 2.75) is 25.7 Å². The summed E-state index contributed by atoms with van der Waals surface area (Å²) in [5, 5.41) is 0. The predicted molar refractivity (Wildman–Crippen MR) is 133 cm³/mol. The zero-order valence-electron chi connectivity index (χ0n) is 18.3. The molecule has 2 aromatic carbocycles. The van der Waals surface area contributed by atoms with Gasteiger partial charge in [0.15, 0.2) is 0 Å². The molecule has 170 valence electrons. The van der Waals surface area contributed by atoms with Gasteiger partial charge in [0.1, 0.15) is 5.75 Å². The fraction of sp³-hybridized carbons (Fsp3) is 0.391. The Hall–Kier alpha value is -2.03. The van der Waals surface area contributed by atoms with Gasteiger partial charge >= 0.3 is 10.2 Å². The molecule has 0 aromatic heterocycles. The van der Waals surface area contributed by atoms with E-state index in [-0.39, 0.29) is 0 Å². The Balaban J connectivity index is 1.75. The Kier molecular flexibility index (Phi) is 10.4. The van der Waals surface area contributed by atoms with Crippen molar-refractivity contribution in [2.24, 2.45) is 0 Å². The van der Waals surface area contributed by atoms with E-state index in [9.17, 15) is 8.42 Å². The van der Waals surface area contributed by atoms with Crippen LogP contribution in [0.4, 0.5) is 11.4 Å². The van der Waals surface area contributed by atoms with Crippen molar-refractivity contribution in [1.29, 1.82) is 0 Å². The van der Waals surface area contributed by atoms with Gasteiger partial charge in [-0.2, -0.15) is 8.42 Å². The molecule has 31 heavy (non-hydrogen) atoms. The molecule has 0 saturated heterocycles. The first-order chi connectivity index (χ1) is 14.8. The second-order valence-electron chi connectivity index (χ2n) is 7.39. The minimum atomic E-state index is -3.71. The maximum absolute atomic E-state index is 12.6. The van der Waals surface area contributed by atoms with Crippen molar-refractivity contribution in [2.75, 3.05) is 42.8 Å². The van der Waals surface area contributed by atoms with Gasteiger partial charge in [0, 0.05) is 18.1 Å². The largest absolute Gasteiger partial charge is 0.494 e. The van der Waals surface area contributed by atoms with Gasteiger partial charge in [0.05, 0.1) is 18.0 Å². The molecule has 0 heterocycles. The lowest BCUT2D eigenvalue weighted by Gasteiger charge is -2.20. The molecular weight excluding hydrogens is 478 g/mol. The molecule has 0 aliphatic rings. The standard InChI is InChI=1S/C23H32BrN3O3S/c1-4-17-26(2)18-7-5-6-8-19-30-23-15-13-22(14-16-23)27(3)31(28,29)25-21-11-9-20(24)10-12-21/h4,9-16,25H,1,5-8,17-19H2,2-3H3. The summed E-state index contributed by atoms with van der Waals surface area (Å²) in [5.41, 5.74) is 1.06. The van der Waals surface area contributed by atoms with Crippen LogP contribution in [0.5, 0.6) is 5.75 Å². The first kappa shape index (κ1) is 25.2. The number of halogens is 1. The minimum Gasteiger partial charge on any atom is -0.494 e. The molecule has 0 spiro atoms. The van der Waals surface area contributed by atoms with Crippen molar-refractivity contribution in [3.63, 3.8) is 0 Å². The number of ether oxygens (including phenoxy) is 1. The van der Waals surface area contributed by atoms with Gasteiger partial charge in [-0.25, -0.2) is 0 Å². The third-order valence-electron chi connectivity index (χ3n) is 4.80. The predicted octanol–water partition coefficient (Wildman–Crippen LogP) is 5.30. The van der Waals surface area contributed by atoms with Crippen LogP contribution in [0, 0.1) is 0 Å². The number of anilines is 2. The Bertz CT molecular complexity index is 903. The van der Waals surface area contributed by atoms with Crippen LogP contribution in [0.1, 0.15) is 25.7 Å². The first-order valence-corrected chi connectivity index (χ1v) is 12.6. The number of hydrogen-bond acceptors (Lipinski definition) is 4. The highest BCUT2D eigenvalue weighted by Gasteiger charge is 2.18. The van der Waals surface area contributed by atoms with Gasteiger partial charge in [0.2, 0.25) is 0 Å². The van der Waals surface area contributed by atoms with Crippen LogP contribution in [-0.4, -0.2) is 47.1 Å². The van der Waals surface area contributed by atoms with Gasteiger partial charge < -0.3 is 9.64 Å². The van der Waals surface area contributed by atoms with Crippen LogP contribution in [0.2, 0.25) is 0 Å². The summed E-state index contributed by atoms with van der Waals surface area (Å²) in [4.78, 5) is 2.26. The molecule has 2 rings (SSSR count). The summed E-state index contributed by atoms with van der Waals surface area (Å²) in [6.07, 6.45) is 6.40. The number of nitrogens with zero attached hydrogens (tertiary/aromatic N) is 2. The van der Waals surface area contributed by atoms with Crippen molar-refractivity contribution in [3.8, 4) is 5.75 Å². The molecule has 0 unspecified atom stereocenters. The number of likely N-dealkylation sites (N-methyl/N-ethyl adjacent to an activating group) is 1. The van der Waals surface area contributed by atoms with Crippen LogP contribution < -0.4 is 13.8 Å². The number of hydrogen-bond donors (Lipinski definition) is 1. The molecule has 2 aromatic rings. The van der Waals surface area contributed by atoms with E-state index in [1.165, 1.54) is 24.2 Å². The maximum Gasteiger partial charge on any atom is 0.323 e. The number of unbranched alkanes of at least 4 members (excludes halogenated alkanes) is 3. The van der Waals surface area contributed by atoms with E-state index in [0.29, 0.717) is 18.0 Å². The smallest absolute Gasteiger partial charge is 0.323 e. The lowest BCUT2D eigenvalue weighted by molar-refractivity contribution is 0.300.